The topological polar surface area (TPSA) is 319 Å². The monoisotopic (exact) mass is 1540 g/mol. The summed E-state index contributed by atoms with van der Waals surface area (Å²) in [6.45, 7) is 23.2. The molecule has 0 heterocycles. The zero-order chi connectivity index (χ0) is 75.0. The van der Waals surface area contributed by atoms with E-state index >= 15 is 0 Å². The summed E-state index contributed by atoms with van der Waals surface area (Å²) >= 11 is 0. The van der Waals surface area contributed by atoms with Crippen LogP contribution in [0.1, 0.15) is 89.5 Å². The van der Waals surface area contributed by atoms with Gasteiger partial charge in [-0.2, -0.15) is 0 Å². The van der Waals surface area contributed by atoms with Gasteiger partial charge < -0.3 is 128 Å². The van der Waals surface area contributed by atoms with Crippen molar-refractivity contribution >= 4 is 14.0 Å². The molecular weight excluding hydrogens is 1400 g/mol. The molecule has 0 aromatic heterocycles. The van der Waals surface area contributed by atoms with Gasteiger partial charge in [0.2, 0.25) is 0 Å². The third-order valence-corrected chi connectivity index (χ3v) is 15.5. The Labute approximate surface area is 628 Å². The normalized spacial score (nSPS) is 12.0. The molecule has 0 aliphatic heterocycles. The molecule has 0 fully saturated rings. The van der Waals surface area contributed by atoms with Gasteiger partial charge >= 0.3 is 7.82 Å². The van der Waals surface area contributed by atoms with Crippen molar-refractivity contribution in [3.05, 3.63) is 29.8 Å². The molecule has 0 atom stereocenters. The fourth-order valence-corrected chi connectivity index (χ4v) is 9.86. The lowest BCUT2D eigenvalue weighted by Crippen LogP contribution is -2.16. The molecule has 0 amide bonds. The standard InChI is InChI=1S/C73H140NO30P/c1-2-3-4-5-6-7-8-9-10-11-12-15-18-74-71-72-16-13-14-17-73(72)104-105(77,102-69-67-100-65-63-98-61-59-96-57-55-94-53-51-92-49-47-90-45-43-88-41-39-86-37-35-84-33-31-82-29-27-80-25-23-78-21-19-75)103-70-68-101-66-64-99-62-60-97-58-56-95-54-52-93-50-48-91-46-44-89-42-40-87-38-36-85-34-32-83-30-28-81-26-24-79-22-20-76/h13-14,16-17,71,75-76H,2-12,15,18-70H2,1H3. The first-order valence-corrected chi connectivity index (χ1v) is 39.9. The Hall–Kier alpha value is -2.20. The predicted molar refractivity (Wildman–Crippen MR) is 394 cm³/mol. The van der Waals surface area contributed by atoms with Crippen molar-refractivity contribution in [2.75, 3.05) is 350 Å². The number of hydrogen-bond acceptors (Lipinski definition) is 31. The summed E-state index contributed by atoms with van der Waals surface area (Å²) in [5, 5.41) is 17.3. The van der Waals surface area contributed by atoms with E-state index in [1.807, 2.05) is 12.1 Å². The van der Waals surface area contributed by atoms with Crippen LogP contribution in [0.25, 0.3) is 0 Å². The van der Waals surface area contributed by atoms with E-state index in [1.165, 1.54) is 64.2 Å². The second kappa shape index (κ2) is 89.0. The van der Waals surface area contributed by atoms with Crippen LogP contribution in [0.3, 0.4) is 0 Å². The molecular formula is C73H140NO30P. The number of nitrogens with zero attached hydrogens (tertiary/aromatic N) is 1. The minimum Gasteiger partial charge on any atom is -0.403 e. The molecule has 0 radical (unpaired) electrons. The summed E-state index contributed by atoms with van der Waals surface area (Å²) in [7, 11) is -4.15. The van der Waals surface area contributed by atoms with Crippen LogP contribution in [0, 0.1) is 0 Å². The highest BCUT2D eigenvalue weighted by Crippen LogP contribution is 2.50. The van der Waals surface area contributed by atoms with Crippen molar-refractivity contribution in [3.8, 4) is 5.75 Å². The Balaban J connectivity index is 2.15. The first-order chi connectivity index (χ1) is 52.1. The van der Waals surface area contributed by atoms with Crippen molar-refractivity contribution in [2.24, 2.45) is 4.99 Å². The van der Waals surface area contributed by atoms with Gasteiger partial charge in [-0.25, -0.2) is 4.57 Å². The van der Waals surface area contributed by atoms with E-state index in [0.29, 0.717) is 309 Å². The minimum atomic E-state index is -4.15. The zero-order valence-electron chi connectivity index (χ0n) is 64.1. The highest BCUT2D eigenvalue weighted by atomic mass is 31.2. The summed E-state index contributed by atoms with van der Waals surface area (Å²) < 4.78 is 164. The molecule has 0 aliphatic carbocycles. The SMILES string of the molecule is CCCCCCCCCCCCCCN=Cc1ccccc1OP(=O)(OCCOCCOCCOCCOCCOCCOCCOCCOCCOCCOCCOCCOCCO)OCCOCCOCCOCCOCCOCCOCCOCCOCCOCCOCCOCCOCCO. The molecule has 0 aliphatic rings. The minimum absolute atomic E-state index is 0.0104. The fraction of sp³-hybridized carbons (Fsp3) is 0.904. The van der Waals surface area contributed by atoms with Crippen LogP contribution in [-0.4, -0.2) is 367 Å². The first kappa shape index (κ1) is 101. The van der Waals surface area contributed by atoms with Gasteiger partial charge in [0.25, 0.3) is 0 Å². The Morgan fingerprint density at radius 3 is 0.676 bits per heavy atom. The lowest BCUT2D eigenvalue weighted by molar-refractivity contribution is -0.0290. The van der Waals surface area contributed by atoms with Crippen molar-refractivity contribution in [3.63, 3.8) is 0 Å². The highest BCUT2D eigenvalue weighted by Gasteiger charge is 2.29. The second-order valence-electron chi connectivity index (χ2n) is 22.8. The van der Waals surface area contributed by atoms with Crippen molar-refractivity contribution in [1.82, 2.24) is 0 Å². The number of phosphoric acid groups is 1. The van der Waals surface area contributed by atoms with E-state index in [4.69, 9.17) is 137 Å². The third-order valence-electron chi connectivity index (χ3n) is 14.1. The van der Waals surface area contributed by atoms with Crippen molar-refractivity contribution in [2.45, 2.75) is 84.0 Å². The number of benzene rings is 1. The number of para-hydroxylation sites is 1. The summed E-state index contributed by atoms with van der Waals surface area (Å²) in [5.74, 6) is 0.326. The van der Waals surface area contributed by atoms with Gasteiger partial charge in [0.15, 0.2) is 0 Å². The van der Waals surface area contributed by atoms with Gasteiger partial charge in [-0.05, 0) is 18.6 Å². The van der Waals surface area contributed by atoms with Gasteiger partial charge in [-0.15, -0.1) is 0 Å². The van der Waals surface area contributed by atoms with Crippen LogP contribution in [-0.2, 0) is 127 Å². The number of ether oxygens (including phenoxy) is 24. The molecule has 105 heavy (non-hydrogen) atoms. The lowest BCUT2D eigenvalue weighted by Gasteiger charge is -2.19. The summed E-state index contributed by atoms with van der Waals surface area (Å²) in [6.07, 6.45) is 17.0. The fourth-order valence-electron chi connectivity index (χ4n) is 8.68. The Morgan fingerprint density at radius 2 is 0.457 bits per heavy atom. The molecule has 0 bridgehead atoms. The van der Waals surface area contributed by atoms with Gasteiger partial charge in [0.05, 0.1) is 344 Å². The van der Waals surface area contributed by atoms with Crippen molar-refractivity contribution < 1.29 is 142 Å². The predicted octanol–water partition coefficient (Wildman–Crippen LogP) is 6.71. The van der Waals surface area contributed by atoms with Gasteiger partial charge in [-0.3, -0.25) is 14.0 Å². The van der Waals surface area contributed by atoms with E-state index in [0.717, 1.165) is 12.8 Å². The molecule has 1 aromatic carbocycles. The van der Waals surface area contributed by atoms with Crippen LogP contribution in [0.2, 0.25) is 0 Å². The molecule has 0 saturated heterocycles. The molecule has 622 valence electrons. The number of unbranched alkanes of at least 4 members (excludes halogenated alkanes) is 11. The number of aliphatic imine (C=N–C) groups is 1. The van der Waals surface area contributed by atoms with Crippen LogP contribution >= 0.6 is 7.82 Å². The van der Waals surface area contributed by atoms with Gasteiger partial charge in [0.1, 0.15) is 5.75 Å². The Kier molecular flexibility index (Phi) is 85.5. The van der Waals surface area contributed by atoms with Gasteiger partial charge in [-0.1, -0.05) is 89.7 Å². The molecule has 1 rings (SSSR count). The lowest BCUT2D eigenvalue weighted by atomic mass is 10.1. The van der Waals surface area contributed by atoms with Crippen molar-refractivity contribution in [1.29, 1.82) is 0 Å². The maximum Gasteiger partial charge on any atom is 0.530 e. The zero-order valence-corrected chi connectivity index (χ0v) is 65.0. The van der Waals surface area contributed by atoms with Crippen LogP contribution in [0.5, 0.6) is 5.75 Å². The Bertz CT molecular complexity index is 1800. The molecule has 1 aromatic rings. The van der Waals surface area contributed by atoms with E-state index in [1.54, 1.807) is 18.3 Å². The summed E-state index contributed by atoms with van der Waals surface area (Å²) in [4.78, 5) is 4.66. The molecule has 0 saturated carbocycles. The maximum absolute atomic E-state index is 14.1. The summed E-state index contributed by atoms with van der Waals surface area (Å²) in [5.41, 5.74) is 0.661. The second-order valence-corrected chi connectivity index (χ2v) is 24.4. The third kappa shape index (κ3) is 81.1. The van der Waals surface area contributed by atoms with Crippen LogP contribution in [0.15, 0.2) is 29.3 Å². The van der Waals surface area contributed by atoms with E-state index in [2.05, 4.69) is 11.9 Å². The molecule has 2 N–H and O–H groups in total. The molecule has 32 heteroatoms. The number of hydrogen-bond donors (Lipinski definition) is 2. The molecule has 0 unspecified atom stereocenters. The van der Waals surface area contributed by atoms with E-state index in [-0.39, 0.29) is 52.9 Å². The van der Waals surface area contributed by atoms with Crippen LogP contribution < -0.4 is 4.52 Å². The van der Waals surface area contributed by atoms with Gasteiger partial charge in [0, 0.05) is 18.3 Å². The molecule has 31 nitrogen and oxygen atoms in total. The average molecular weight is 1540 g/mol. The summed E-state index contributed by atoms with van der Waals surface area (Å²) in [6, 6.07) is 7.24. The number of aliphatic hydroxyl groups is 2. The Morgan fingerprint density at radius 1 is 0.267 bits per heavy atom. The van der Waals surface area contributed by atoms with E-state index < -0.39 is 7.82 Å². The smallest absolute Gasteiger partial charge is 0.403 e. The number of rotatable bonds is 94. The van der Waals surface area contributed by atoms with E-state index in [9.17, 15) is 4.57 Å². The average Bonchev–Trinajstić information content (AvgIpc) is 0.847. The van der Waals surface area contributed by atoms with Crippen LogP contribution in [0.4, 0.5) is 0 Å². The quantitative estimate of drug-likeness (QED) is 0.0389. The maximum atomic E-state index is 14.1. The first-order valence-electron chi connectivity index (χ1n) is 38.4. The highest BCUT2D eigenvalue weighted by molar-refractivity contribution is 7.48. The molecule has 0 spiro atoms. The largest absolute Gasteiger partial charge is 0.530 e. The number of aliphatic hydroxyl groups excluding tert-OH is 2. The number of phosphoric ester groups is 1.